The lowest BCUT2D eigenvalue weighted by atomic mass is 10.1. The summed E-state index contributed by atoms with van der Waals surface area (Å²) in [5.74, 6) is -0.765. The highest BCUT2D eigenvalue weighted by Crippen LogP contribution is 2.18. The number of amides is 1. The van der Waals surface area contributed by atoms with Gasteiger partial charge >= 0.3 is 0 Å². The highest BCUT2D eigenvalue weighted by Gasteiger charge is 2.13. The molecule has 5 heteroatoms. The molecule has 2 aromatic rings. The summed E-state index contributed by atoms with van der Waals surface area (Å²) in [7, 11) is 0. The Morgan fingerprint density at radius 2 is 1.91 bits per heavy atom. The third-order valence-electron chi connectivity index (χ3n) is 3.10. The van der Waals surface area contributed by atoms with E-state index < -0.39 is 5.91 Å². The van der Waals surface area contributed by atoms with Crippen LogP contribution in [-0.2, 0) is 4.79 Å². The van der Waals surface area contributed by atoms with E-state index in [0.29, 0.717) is 16.8 Å². The summed E-state index contributed by atoms with van der Waals surface area (Å²) in [6.45, 7) is 1.40. The molecular formula is C18H14N2O3. The smallest absolute Gasteiger partial charge is 0.266 e. The van der Waals surface area contributed by atoms with Crippen LogP contribution >= 0.6 is 0 Å². The molecule has 0 spiro atoms. The van der Waals surface area contributed by atoms with Gasteiger partial charge in [-0.1, -0.05) is 24.3 Å². The molecule has 114 valence electrons. The van der Waals surface area contributed by atoms with Crippen LogP contribution in [-0.4, -0.2) is 16.8 Å². The number of phenolic OH excluding ortho intramolecular Hbond substituents is 1. The van der Waals surface area contributed by atoms with Crippen molar-refractivity contribution in [2.75, 3.05) is 5.32 Å². The Balaban J connectivity index is 2.29. The molecule has 0 fully saturated rings. The van der Waals surface area contributed by atoms with Gasteiger partial charge in [-0.3, -0.25) is 9.59 Å². The van der Waals surface area contributed by atoms with Crippen LogP contribution in [0.1, 0.15) is 22.8 Å². The van der Waals surface area contributed by atoms with Gasteiger partial charge < -0.3 is 10.4 Å². The van der Waals surface area contributed by atoms with E-state index in [2.05, 4.69) is 5.32 Å². The number of hydrogen-bond acceptors (Lipinski definition) is 4. The second kappa shape index (κ2) is 7.05. The lowest BCUT2D eigenvalue weighted by molar-refractivity contribution is -0.112. The minimum Gasteiger partial charge on any atom is -0.508 e. The maximum Gasteiger partial charge on any atom is 0.266 e. The van der Waals surface area contributed by atoms with E-state index in [0.717, 1.165) is 0 Å². The molecule has 0 radical (unpaired) electrons. The SMILES string of the molecule is CC(=O)c1ccccc1NC(=O)/C(C#N)=C\c1cccc(O)c1. The van der Waals surface area contributed by atoms with Crippen molar-refractivity contribution in [3.63, 3.8) is 0 Å². The Morgan fingerprint density at radius 1 is 1.17 bits per heavy atom. The molecule has 0 atom stereocenters. The quantitative estimate of drug-likeness (QED) is 0.516. The monoisotopic (exact) mass is 306 g/mol. The molecule has 0 saturated heterocycles. The lowest BCUT2D eigenvalue weighted by Gasteiger charge is -2.08. The fraction of sp³-hybridized carbons (Fsp3) is 0.0556. The Morgan fingerprint density at radius 3 is 2.57 bits per heavy atom. The summed E-state index contributed by atoms with van der Waals surface area (Å²) in [5, 5.41) is 21.2. The number of nitrogens with zero attached hydrogens (tertiary/aromatic N) is 1. The van der Waals surface area contributed by atoms with Crippen molar-refractivity contribution in [2.45, 2.75) is 6.92 Å². The zero-order chi connectivity index (χ0) is 16.8. The molecule has 2 N–H and O–H groups in total. The third kappa shape index (κ3) is 4.05. The van der Waals surface area contributed by atoms with E-state index >= 15 is 0 Å². The number of carbonyl (C=O) groups is 2. The van der Waals surface area contributed by atoms with E-state index in [1.54, 1.807) is 36.4 Å². The lowest BCUT2D eigenvalue weighted by Crippen LogP contribution is -2.15. The van der Waals surface area contributed by atoms with Crippen molar-refractivity contribution in [3.8, 4) is 11.8 Å². The number of benzene rings is 2. The number of carbonyl (C=O) groups excluding carboxylic acids is 2. The highest BCUT2D eigenvalue weighted by molar-refractivity contribution is 6.12. The maximum atomic E-state index is 12.2. The predicted molar refractivity (Wildman–Crippen MR) is 86.8 cm³/mol. The van der Waals surface area contributed by atoms with Gasteiger partial charge in [0, 0.05) is 5.56 Å². The van der Waals surface area contributed by atoms with Crippen LogP contribution in [0.15, 0.2) is 54.1 Å². The van der Waals surface area contributed by atoms with Crippen LogP contribution in [0.2, 0.25) is 0 Å². The number of nitriles is 1. The third-order valence-corrected chi connectivity index (χ3v) is 3.10. The summed E-state index contributed by atoms with van der Waals surface area (Å²) >= 11 is 0. The summed E-state index contributed by atoms with van der Waals surface area (Å²) in [6.07, 6.45) is 1.37. The second-order valence-corrected chi connectivity index (χ2v) is 4.82. The molecular weight excluding hydrogens is 292 g/mol. The number of para-hydroxylation sites is 1. The first kappa shape index (κ1) is 16.0. The van der Waals surface area contributed by atoms with E-state index in [9.17, 15) is 20.0 Å². The van der Waals surface area contributed by atoms with Gasteiger partial charge in [-0.2, -0.15) is 5.26 Å². The minimum atomic E-state index is -0.621. The highest BCUT2D eigenvalue weighted by atomic mass is 16.3. The molecule has 0 heterocycles. The molecule has 0 aliphatic heterocycles. The van der Waals surface area contributed by atoms with Gasteiger partial charge in [0.1, 0.15) is 17.4 Å². The number of aromatic hydroxyl groups is 1. The fourth-order valence-electron chi connectivity index (χ4n) is 2.02. The molecule has 23 heavy (non-hydrogen) atoms. The zero-order valence-corrected chi connectivity index (χ0v) is 12.4. The number of Topliss-reactive ketones (excluding diaryl/α,β-unsaturated/α-hetero) is 1. The topological polar surface area (TPSA) is 90.2 Å². The van der Waals surface area contributed by atoms with Crippen LogP contribution in [0.5, 0.6) is 5.75 Å². The van der Waals surface area contributed by atoms with Crippen molar-refractivity contribution in [3.05, 3.63) is 65.2 Å². The van der Waals surface area contributed by atoms with Gasteiger partial charge in [0.2, 0.25) is 0 Å². The largest absolute Gasteiger partial charge is 0.508 e. The van der Waals surface area contributed by atoms with Crippen molar-refractivity contribution >= 4 is 23.5 Å². The Hall–Kier alpha value is -3.39. The van der Waals surface area contributed by atoms with E-state index in [1.165, 1.54) is 25.1 Å². The number of anilines is 1. The number of phenols is 1. The van der Waals surface area contributed by atoms with Crippen molar-refractivity contribution < 1.29 is 14.7 Å². The second-order valence-electron chi connectivity index (χ2n) is 4.82. The molecule has 2 rings (SSSR count). The molecule has 5 nitrogen and oxygen atoms in total. The summed E-state index contributed by atoms with van der Waals surface area (Å²) < 4.78 is 0. The number of rotatable bonds is 4. The van der Waals surface area contributed by atoms with Crippen molar-refractivity contribution in [1.82, 2.24) is 0 Å². The Kier molecular flexibility index (Phi) is 4.90. The van der Waals surface area contributed by atoms with Crippen LogP contribution in [0.25, 0.3) is 6.08 Å². The molecule has 0 aliphatic carbocycles. The first-order valence-electron chi connectivity index (χ1n) is 6.83. The standard InChI is InChI=1S/C18H14N2O3/c1-12(21)16-7-2-3-8-17(16)20-18(23)14(11-19)9-13-5-4-6-15(22)10-13/h2-10,22H,1H3,(H,20,23)/b14-9-. The molecule has 0 bridgehead atoms. The Bertz CT molecular complexity index is 832. The van der Waals surface area contributed by atoms with Crippen LogP contribution in [0, 0.1) is 11.3 Å². The molecule has 0 aliphatic rings. The number of hydrogen-bond donors (Lipinski definition) is 2. The van der Waals surface area contributed by atoms with Crippen molar-refractivity contribution in [1.29, 1.82) is 5.26 Å². The molecule has 0 saturated carbocycles. The summed E-state index contributed by atoms with van der Waals surface area (Å²) in [6, 6.07) is 14.6. The first-order chi connectivity index (χ1) is 11.0. The van der Waals surface area contributed by atoms with Crippen LogP contribution in [0.3, 0.4) is 0 Å². The van der Waals surface area contributed by atoms with Gasteiger partial charge in [-0.25, -0.2) is 0 Å². The van der Waals surface area contributed by atoms with Crippen molar-refractivity contribution in [2.24, 2.45) is 0 Å². The zero-order valence-electron chi connectivity index (χ0n) is 12.4. The molecule has 1 amide bonds. The van der Waals surface area contributed by atoms with Crippen LogP contribution < -0.4 is 5.32 Å². The van der Waals surface area contributed by atoms with Gasteiger partial charge in [-0.05, 0) is 42.8 Å². The van der Waals surface area contributed by atoms with Gasteiger partial charge in [-0.15, -0.1) is 0 Å². The minimum absolute atomic E-state index is 0.0402. The Labute approximate surface area is 133 Å². The summed E-state index contributed by atoms with van der Waals surface area (Å²) in [5.41, 5.74) is 1.11. The van der Waals surface area contributed by atoms with E-state index in [-0.39, 0.29) is 17.1 Å². The predicted octanol–water partition coefficient (Wildman–Crippen LogP) is 3.14. The number of nitrogens with one attached hydrogen (secondary N) is 1. The summed E-state index contributed by atoms with van der Waals surface area (Å²) in [4.78, 5) is 23.8. The molecule has 2 aromatic carbocycles. The van der Waals surface area contributed by atoms with E-state index in [4.69, 9.17) is 0 Å². The normalized spacial score (nSPS) is 10.7. The fourth-order valence-corrected chi connectivity index (χ4v) is 2.02. The molecule has 0 aromatic heterocycles. The molecule has 0 unspecified atom stereocenters. The van der Waals surface area contributed by atoms with Gasteiger partial charge in [0.15, 0.2) is 5.78 Å². The number of ketones is 1. The average Bonchev–Trinajstić information content (AvgIpc) is 2.53. The maximum absolute atomic E-state index is 12.2. The average molecular weight is 306 g/mol. The van der Waals surface area contributed by atoms with Crippen LogP contribution in [0.4, 0.5) is 5.69 Å². The van der Waals surface area contributed by atoms with Gasteiger partial charge in [0.05, 0.1) is 5.69 Å². The first-order valence-corrected chi connectivity index (χ1v) is 6.83. The van der Waals surface area contributed by atoms with E-state index in [1.807, 2.05) is 6.07 Å². The van der Waals surface area contributed by atoms with Gasteiger partial charge in [0.25, 0.3) is 5.91 Å².